The number of nitrogens with one attached hydrogen (secondary N) is 1. The van der Waals surface area contributed by atoms with E-state index in [1.165, 1.54) is 17.1 Å². The average molecular weight is 324 g/mol. The summed E-state index contributed by atoms with van der Waals surface area (Å²) in [5.41, 5.74) is 0.701. The molecule has 2 aromatic rings. The molecule has 0 radical (unpaired) electrons. The zero-order valence-electron chi connectivity index (χ0n) is 9.71. The number of carbonyl (C=O) groups is 2. The monoisotopic (exact) mass is 323 g/mol. The Bertz CT molecular complexity index is 624. The lowest BCUT2D eigenvalue weighted by Gasteiger charge is -2.06. The van der Waals surface area contributed by atoms with E-state index in [0.717, 1.165) is 4.47 Å². The number of carboxylic acid groups (broad SMARTS) is 1. The fourth-order valence-corrected chi connectivity index (χ4v) is 1.84. The Balaban J connectivity index is 2.01. The highest BCUT2D eigenvalue weighted by Gasteiger charge is 2.09. The van der Waals surface area contributed by atoms with Gasteiger partial charge in [0.2, 0.25) is 5.91 Å². The Morgan fingerprint density at radius 3 is 2.74 bits per heavy atom. The molecule has 98 valence electrons. The topological polar surface area (TPSA) is 84.2 Å². The highest BCUT2D eigenvalue weighted by molar-refractivity contribution is 9.10. The van der Waals surface area contributed by atoms with Gasteiger partial charge in [0.1, 0.15) is 6.54 Å². The average Bonchev–Trinajstić information content (AvgIpc) is 2.80. The molecule has 0 bridgehead atoms. The van der Waals surface area contributed by atoms with Gasteiger partial charge in [0.05, 0.1) is 17.4 Å². The normalized spacial score (nSPS) is 10.2. The van der Waals surface area contributed by atoms with E-state index in [-0.39, 0.29) is 18.0 Å². The lowest BCUT2D eigenvalue weighted by atomic mass is 10.3. The van der Waals surface area contributed by atoms with Gasteiger partial charge in [-0.3, -0.25) is 9.48 Å². The van der Waals surface area contributed by atoms with Gasteiger partial charge in [0, 0.05) is 10.7 Å². The molecule has 6 nitrogen and oxygen atoms in total. The predicted molar refractivity (Wildman–Crippen MR) is 72.0 cm³/mol. The number of hydrogen-bond acceptors (Lipinski definition) is 3. The highest BCUT2D eigenvalue weighted by atomic mass is 79.9. The van der Waals surface area contributed by atoms with Crippen molar-refractivity contribution in [3.8, 4) is 0 Å². The first-order valence-electron chi connectivity index (χ1n) is 5.36. The number of para-hydroxylation sites is 1. The van der Waals surface area contributed by atoms with Crippen molar-refractivity contribution in [2.24, 2.45) is 0 Å². The van der Waals surface area contributed by atoms with Crippen molar-refractivity contribution in [1.29, 1.82) is 0 Å². The molecule has 0 saturated heterocycles. The van der Waals surface area contributed by atoms with Gasteiger partial charge in [0.25, 0.3) is 0 Å². The smallest absolute Gasteiger partial charge is 0.338 e. The lowest BCUT2D eigenvalue weighted by Crippen LogP contribution is -2.19. The number of benzene rings is 1. The van der Waals surface area contributed by atoms with Crippen LogP contribution in [0.15, 0.2) is 41.1 Å². The van der Waals surface area contributed by atoms with Crippen LogP contribution >= 0.6 is 15.9 Å². The van der Waals surface area contributed by atoms with Crippen LogP contribution in [0.25, 0.3) is 0 Å². The molecule has 1 aromatic heterocycles. The van der Waals surface area contributed by atoms with E-state index in [0.29, 0.717) is 5.69 Å². The van der Waals surface area contributed by atoms with Crippen LogP contribution in [-0.2, 0) is 11.3 Å². The standard InChI is InChI=1S/C12H10BrN3O3/c13-9-3-1-2-4-10(9)15-11(17)7-16-6-8(5-14-16)12(18)19/h1-6H,7H2,(H,15,17)(H,18,19). The van der Waals surface area contributed by atoms with Crippen molar-refractivity contribution >= 4 is 33.5 Å². The summed E-state index contributed by atoms with van der Waals surface area (Å²) in [6.07, 6.45) is 2.51. The fourth-order valence-electron chi connectivity index (χ4n) is 1.46. The molecule has 0 unspecified atom stereocenters. The van der Waals surface area contributed by atoms with Gasteiger partial charge in [0.15, 0.2) is 0 Å². The zero-order chi connectivity index (χ0) is 13.8. The zero-order valence-corrected chi connectivity index (χ0v) is 11.3. The molecule has 19 heavy (non-hydrogen) atoms. The van der Waals surface area contributed by atoms with Crippen LogP contribution in [0.1, 0.15) is 10.4 Å². The SMILES string of the molecule is O=C(Cn1cc(C(=O)O)cn1)Nc1ccccc1Br. The molecular formula is C12H10BrN3O3. The van der Waals surface area contributed by atoms with E-state index >= 15 is 0 Å². The summed E-state index contributed by atoms with van der Waals surface area (Å²) in [6.45, 7) is -0.0470. The van der Waals surface area contributed by atoms with Crippen LogP contribution in [0, 0.1) is 0 Å². The molecule has 0 atom stereocenters. The molecule has 2 rings (SSSR count). The molecule has 0 aliphatic carbocycles. The molecule has 0 aliphatic heterocycles. The number of hydrogen-bond donors (Lipinski definition) is 2. The molecule has 0 fully saturated rings. The van der Waals surface area contributed by atoms with Crippen LogP contribution in [0.5, 0.6) is 0 Å². The maximum absolute atomic E-state index is 11.8. The molecule has 0 saturated carbocycles. The molecular weight excluding hydrogens is 314 g/mol. The van der Waals surface area contributed by atoms with E-state index in [1.807, 2.05) is 12.1 Å². The summed E-state index contributed by atoms with van der Waals surface area (Å²) >= 11 is 3.32. The number of aromatic nitrogens is 2. The first kappa shape index (κ1) is 13.3. The number of amides is 1. The molecule has 1 amide bonds. The van der Waals surface area contributed by atoms with Gasteiger partial charge in [-0.05, 0) is 28.1 Å². The summed E-state index contributed by atoms with van der Waals surface area (Å²) in [5, 5.41) is 15.3. The molecule has 2 N–H and O–H groups in total. The fraction of sp³-hybridized carbons (Fsp3) is 0.0833. The quantitative estimate of drug-likeness (QED) is 0.901. The van der Waals surface area contributed by atoms with Gasteiger partial charge in [-0.2, -0.15) is 5.10 Å². The van der Waals surface area contributed by atoms with Gasteiger partial charge in [-0.1, -0.05) is 12.1 Å². The minimum atomic E-state index is -1.07. The summed E-state index contributed by atoms with van der Waals surface area (Å²) in [4.78, 5) is 22.4. The van der Waals surface area contributed by atoms with Crippen molar-refractivity contribution < 1.29 is 14.7 Å². The number of nitrogens with zero attached hydrogens (tertiary/aromatic N) is 2. The summed E-state index contributed by atoms with van der Waals surface area (Å²) in [5.74, 6) is -1.36. The molecule has 1 aromatic carbocycles. The van der Waals surface area contributed by atoms with Crippen LogP contribution in [0.4, 0.5) is 5.69 Å². The second-order valence-corrected chi connectivity index (χ2v) is 4.61. The van der Waals surface area contributed by atoms with Gasteiger partial charge in [-0.15, -0.1) is 0 Å². The molecule has 1 heterocycles. The Hall–Kier alpha value is -2.15. The summed E-state index contributed by atoms with van der Waals surface area (Å²) in [7, 11) is 0. The third-order valence-electron chi connectivity index (χ3n) is 2.33. The third-order valence-corrected chi connectivity index (χ3v) is 3.03. The van der Waals surface area contributed by atoms with Crippen molar-refractivity contribution in [2.75, 3.05) is 5.32 Å². The maximum atomic E-state index is 11.8. The number of rotatable bonds is 4. The van der Waals surface area contributed by atoms with E-state index in [4.69, 9.17) is 5.11 Å². The van der Waals surface area contributed by atoms with Gasteiger partial charge in [-0.25, -0.2) is 4.79 Å². The van der Waals surface area contributed by atoms with Crippen LogP contribution in [-0.4, -0.2) is 26.8 Å². The predicted octanol–water partition coefficient (Wildman–Crippen LogP) is 1.98. The van der Waals surface area contributed by atoms with Crippen molar-refractivity contribution in [1.82, 2.24) is 9.78 Å². The van der Waals surface area contributed by atoms with E-state index in [2.05, 4.69) is 26.3 Å². The third kappa shape index (κ3) is 3.41. The second kappa shape index (κ2) is 5.66. The van der Waals surface area contributed by atoms with E-state index in [1.54, 1.807) is 12.1 Å². The Morgan fingerprint density at radius 1 is 1.37 bits per heavy atom. The Morgan fingerprint density at radius 2 is 2.11 bits per heavy atom. The van der Waals surface area contributed by atoms with E-state index in [9.17, 15) is 9.59 Å². The number of carboxylic acids is 1. The van der Waals surface area contributed by atoms with Gasteiger partial charge < -0.3 is 10.4 Å². The number of halogens is 1. The number of carbonyl (C=O) groups excluding carboxylic acids is 1. The van der Waals surface area contributed by atoms with Crippen molar-refractivity contribution in [2.45, 2.75) is 6.54 Å². The second-order valence-electron chi connectivity index (χ2n) is 3.76. The van der Waals surface area contributed by atoms with Crippen LogP contribution in [0.2, 0.25) is 0 Å². The molecule has 7 heteroatoms. The summed E-state index contributed by atoms with van der Waals surface area (Å²) < 4.78 is 2.05. The van der Waals surface area contributed by atoms with Gasteiger partial charge >= 0.3 is 5.97 Å². The number of aromatic carboxylic acids is 1. The largest absolute Gasteiger partial charge is 0.478 e. The highest BCUT2D eigenvalue weighted by Crippen LogP contribution is 2.20. The van der Waals surface area contributed by atoms with Crippen LogP contribution in [0.3, 0.4) is 0 Å². The first-order chi connectivity index (χ1) is 9.06. The minimum absolute atomic E-state index is 0.0470. The molecule has 0 spiro atoms. The maximum Gasteiger partial charge on any atom is 0.338 e. The first-order valence-corrected chi connectivity index (χ1v) is 6.15. The van der Waals surface area contributed by atoms with Crippen molar-refractivity contribution in [3.63, 3.8) is 0 Å². The summed E-state index contributed by atoms with van der Waals surface area (Å²) in [6, 6.07) is 7.21. The lowest BCUT2D eigenvalue weighted by molar-refractivity contribution is -0.116. The van der Waals surface area contributed by atoms with Crippen LogP contribution < -0.4 is 5.32 Å². The minimum Gasteiger partial charge on any atom is -0.478 e. The molecule has 0 aliphatic rings. The Kier molecular flexibility index (Phi) is 3.96. The van der Waals surface area contributed by atoms with Crippen molar-refractivity contribution in [3.05, 3.63) is 46.7 Å². The van der Waals surface area contributed by atoms with E-state index < -0.39 is 5.97 Å². The Labute approximate surface area is 117 Å². The number of anilines is 1.